The van der Waals surface area contributed by atoms with E-state index in [1.54, 1.807) is 0 Å². The van der Waals surface area contributed by atoms with Gasteiger partial charge >= 0.3 is 5.84 Å². The fourth-order valence-corrected chi connectivity index (χ4v) is 1.66. The highest BCUT2D eigenvalue weighted by molar-refractivity contribution is 5.91. The van der Waals surface area contributed by atoms with Crippen LogP contribution in [-0.4, -0.2) is 34.8 Å². The Hall–Kier alpha value is -1.92. The van der Waals surface area contributed by atoms with Crippen LogP contribution in [0.2, 0.25) is 0 Å². The van der Waals surface area contributed by atoms with E-state index >= 15 is 0 Å². The summed E-state index contributed by atoms with van der Waals surface area (Å²) in [5.74, 6) is -1.06. The number of carbonyl (C=O) groups is 1. The maximum Gasteiger partial charge on any atom is 0.413 e. The van der Waals surface area contributed by atoms with Crippen molar-refractivity contribution in [2.24, 2.45) is 0 Å². The van der Waals surface area contributed by atoms with Gasteiger partial charge in [-0.25, -0.2) is 5.21 Å². The largest absolute Gasteiger partial charge is 0.619 e. The third kappa shape index (κ3) is 1.75. The molecule has 1 heterocycles. The summed E-state index contributed by atoms with van der Waals surface area (Å²) < 4.78 is 0.698. The predicted octanol–water partition coefficient (Wildman–Crippen LogP) is -2.41. The zero-order valence-electron chi connectivity index (χ0n) is 8.34. The molecule has 0 radical (unpaired) electrons. The first-order chi connectivity index (χ1) is 7.59. The van der Waals surface area contributed by atoms with E-state index in [2.05, 4.69) is 0 Å². The van der Waals surface area contributed by atoms with Gasteiger partial charge < -0.3 is 15.1 Å². The van der Waals surface area contributed by atoms with E-state index in [1.807, 2.05) is 0 Å². The second-order valence-electron chi connectivity index (χ2n) is 3.51. The minimum atomic E-state index is -1.27. The fourth-order valence-electron chi connectivity index (χ4n) is 1.66. The molecule has 0 fully saturated rings. The lowest BCUT2D eigenvalue weighted by Gasteiger charge is -2.04. The van der Waals surface area contributed by atoms with Gasteiger partial charge in [0.05, 0.1) is 5.97 Å². The van der Waals surface area contributed by atoms with Crippen molar-refractivity contribution in [3.8, 4) is 0 Å². The molecule has 6 nitrogen and oxygen atoms in total. The summed E-state index contributed by atoms with van der Waals surface area (Å²) in [6.07, 6.45) is 0. The third-order valence-electron chi connectivity index (χ3n) is 2.47. The standard InChI is InChI=1S/C10H10N2O4/c13-10(14)8-3-1-7(2-4-8)9-11(15)5-6-12(9)16/h1-4,15H,5-6H2,(H,13,14). The second-order valence-corrected chi connectivity index (χ2v) is 3.51. The van der Waals surface area contributed by atoms with Gasteiger partial charge in [0.1, 0.15) is 5.56 Å². The van der Waals surface area contributed by atoms with E-state index in [1.165, 1.54) is 24.3 Å². The number of amidine groups is 1. The SMILES string of the molecule is O=C([O-])c1ccc(C2=[N+]([O-])CC[NH+]2O)cc1. The maximum absolute atomic E-state index is 11.4. The average Bonchev–Trinajstić information content (AvgIpc) is 2.59. The number of hydroxylamine groups is 3. The number of benzene rings is 1. The van der Waals surface area contributed by atoms with Gasteiger partial charge in [0.2, 0.25) is 6.54 Å². The highest BCUT2D eigenvalue weighted by Crippen LogP contribution is 2.04. The van der Waals surface area contributed by atoms with E-state index in [9.17, 15) is 20.3 Å². The van der Waals surface area contributed by atoms with Crippen LogP contribution < -0.4 is 10.2 Å². The number of rotatable bonds is 2. The Morgan fingerprint density at radius 3 is 2.44 bits per heavy atom. The Bertz CT molecular complexity index is 452. The van der Waals surface area contributed by atoms with Crippen molar-refractivity contribution in [2.45, 2.75) is 0 Å². The van der Waals surface area contributed by atoms with Gasteiger partial charge in [-0.3, -0.25) is 0 Å². The Kier molecular flexibility index (Phi) is 2.59. The van der Waals surface area contributed by atoms with E-state index in [0.717, 1.165) is 0 Å². The molecule has 0 aliphatic carbocycles. The smallest absolute Gasteiger partial charge is 0.413 e. The number of quaternary nitrogens is 1. The van der Waals surface area contributed by atoms with Crippen molar-refractivity contribution >= 4 is 11.8 Å². The number of carbonyl (C=O) groups excluding carboxylic acids is 1. The molecule has 0 aromatic heterocycles. The lowest BCUT2D eigenvalue weighted by Crippen LogP contribution is -3.11. The molecule has 1 aliphatic heterocycles. The van der Waals surface area contributed by atoms with E-state index in [4.69, 9.17) is 0 Å². The summed E-state index contributed by atoms with van der Waals surface area (Å²) in [6, 6.07) is 5.65. The first-order valence-corrected chi connectivity index (χ1v) is 4.78. The van der Waals surface area contributed by atoms with Gasteiger partial charge in [-0.1, -0.05) is 12.1 Å². The van der Waals surface area contributed by atoms with Gasteiger partial charge in [-0.2, -0.15) is 0 Å². The summed E-state index contributed by atoms with van der Waals surface area (Å²) >= 11 is 0. The van der Waals surface area contributed by atoms with E-state index in [-0.39, 0.29) is 23.0 Å². The van der Waals surface area contributed by atoms with Crippen molar-refractivity contribution in [3.05, 3.63) is 40.6 Å². The van der Waals surface area contributed by atoms with E-state index < -0.39 is 5.97 Å². The number of nitrogens with zero attached hydrogens (tertiary/aromatic N) is 1. The topological polar surface area (TPSA) is 90.9 Å². The van der Waals surface area contributed by atoms with Crippen LogP contribution in [0.15, 0.2) is 24.3 Å². The number of hydrogen-bond acceptors (Lipinski definition) is 4. The molecule has 1 unspecified atom stereocenters. The predicted molar refractivity (Wildman–Crippen MR) is 51.0 cm³/mol. The summed E-state index contributed by atoms with van der Waals surface area (Å²) in [5.41, 5.74) is 0.550. The lowest BCUT2D eigenvalue weighted by atomic mass is 10.1. The van der Waals surface area contributed by atoms with Gasteiger partial charge in [0.15, 0.2) is 6.54 Å². The number of hydrogen-bond donors (Lipinski definition) is 2. The molecule has 0 bridgehead atoms. The van der Waals surface area contributed by atoms with Crippen LogP contribution >= 0.6 is 0 Å². The number of carboxylic acid groups (broad SMARTS) is 1. The summed E-state index contributed by atoms with van der Waals surface area (Å²) in [7, 11) is 0. The second kappa shape index (κ2) is 3.92. The first kappa shape index (κ1) is 10.6. The zero-order valence-corrected chi connectivity index (χ0v) is 8.34. The van der Waals surface area contributed by atoms with Crippen LogP contribution in [0.5, 0.6) is 0 Å². The molecule has 0 saturated heterocycles. The summed E-state index contributed by atoms with van der Waals surface area (Å²) in [6.45, 7) is 0.546. The van der Waals surface area contributed by atoms with Crippen molar-refractivity contribution < 1.29 is 24.9 Å². The van der Waals surface area contributed by atoms with Crippen LogP contribution in [0.4, 0.5) is 0 Å². The fraction of sp³-hybridized carbons (Fsp3) is 0.200. The van der Waals surface area contributed by atoms with Gasteiger partial charge in [0, 0.05) is 0 Å². The first-order valence-electron chi connectivity index (χ1n) is 4.78. The minimum Gasteiger partial charge on any atom is -0.619 e. The molecular formula is C10H10N2O4. The van der Waals surface area contributed by atoms with Crippen LogP contribution in [-0.2, 0) is 0 Å². The van der Waals surface area contributed by atoms with Crippen molar-refractivity contribution in [2.75, 3.05) is 13.1 Å². The summed E-state index contributed by atoms with van der Waals surface area (Å²) in [5, 5.41) is 31.4. The molecule has 2 N–H and O–H groups in total. The van der Waals surface area contributed by atoms with Crippen molar-refractivity contribution in [3.63, 3.8) is 0 Å². The van der Waals surface area contributed by atoms with Gasteiger partial charge in [-0.05, 0) is 17.7 Å². The molecule has 1 aromatic rings. The van der Waals surface area contributed by atoms with Crippen molar-refractivity contribution in [1.29, 1.82) is 0 Å². The molecule has 0 saturated carbocycles. The highest BCUT2D eigenvalue weighted by Gasteiger charge is 2.33. The molecule has 84 valence electrons. The Labute approximate surface area is 91.2 Å². The van der Waals surface area contributed by atoms with E-state index in [0.29, 0.717) is 16.8 Å². The average molecular weight is 222 g/mol. The number of nitrogens with one attached hydrogen (secondary N) is 1. The maximum atomic E-state index is 11.4. The quantitative estimate of drug-likeness (QED) is 0.431. The van der Waals surface area contributed by atoms with Crippen LogP contribution in [0.25, 0.3) is 0 Å². The lowest BCUT2D eigenvalue weighted by molar-refractivity contribution is -1.01. The Morgan fingerprint density at radius 2 is 2.00 bits per heavy atom. The van der Waals surface area contributed by atoms with Crippen LogP contribution in [0, 0.1) is 5.21 Å². The molecule has 2 rings (SSSR count). The van der Waals surface area contributed by atoms with Crippen molar-refractivity contribution in [1.82, 2.24) is 0 Å². The molecule has 0 spiro atoms. The minimum absolute atomic E-state index is 0.0381. The highest BCUT2D eigenvalue weighted by atomic mass is 16.5. The molecule has 0 amide bonds. The van der Waals surface area contributed by atoms with Gasteiger partial charge in [-0.15, -0.1) is 9.80 Å². The normalized spacial score (nSPS) is 20.2. The molecule has 6 heteroatoms. The molecule has 1 aliphatic rings. The molecule has 16 heavy (non-hydrogen) atoms. The zero-order chi connectivity index (χ0) is 11.7. The number of carboxylic acids is 1. The van der Waals surface area contributed by atoms with Crippen LogP contribution in [0.3, 0.4) is 0 Å². The monoisotopic (exact) mass is 222 g/mol. The molecule has 1 aromatic carbocycles. The Morgan fingerprint density at radius 1 is 1.38 bits per heavy atom. The van der Waals surface area contributed by atoms with Crippen LogP contribution in [0.1, 0.15) is 15.9 Å². The van der Waals surface area contributed by atoms with Gasteiger partial charge in [0.25, 0.3) is 0 Å². The molecule has 1 atom stereocenters. The Balaban J connectivity index is 2.35. The third-order valence-corrected chi connectivity index (χ3v) is 2.47. The number of aromatic carboxylic acids is 1. The molecular weight excluding hydrogens is 212 g/mol. The summed E-state index contributed by atoms with van der Waals surface area (Å²) in [4.78, 5) is 10.5.